The fourth-order valence-electron chi connectivity index (χ4n) is 3.53. The Morgan fingerprint density at radius 3 is 2.79 bits per heavy atom. The van der Waals surface area contributed by atoms with E-state index in [4.69, 9.17) is 17.3 Å². The van der Waals surface area contributed by atoms with Crippen molar-refractivity contribution in [1.82, 2.24) is 25.9 Å². The molecule has 1 aliphatic heterocycles. The third-order valence-corrected chi connectivity index (χ3v) is 5.67. The first-order valence-electron chi connectivity index (χ1n) is 10.4. The van der Waals surface area contributed by atoms with E-state index >= 15 is 0 Å². The number of nitrogens with two attached hydrogens (primary N) is 1. The summed E-state index contributed by atoms with van der Waals surface area (Å²) in [5, 5.41) is 8.97. The van der Waals surface area contributed by atoms with E-state index in [0.717, 1.165) is 13.0 Å². The SMILES string of the molecule is Nc1ncc(-c2cccc(C(=O)NCc3c(F)cccc3Cl)c2)nc1C(=O)N[C@H]1CCNC1. The molecule has 0 unspecified atom stereocenters. The fourth-order valence-corrected chi connectivity index (χ4v) is 3.76. The Balaban J connectivity index is 1.51. The van der Waals surface area contributed by atoms with Crippen LogP contribution in [0.2, 0.25) is 5.02 Å². The minimum absolute atomic E-state index is 0.0114. The van der Waals surface area contributed by atoms with Gasteiger partial charge in [-0.25, -0.2) is 14.4 Å². The number of nitrogens with one attached hydrogen (secondary N) is 3. The average Bonchev–Trinajstić information content (AvgIpc) is 3.32. The van der Waals surface area contributed by atoms with Gasteiger partial charge >= 0.3 is 0 Å². The minimum atomic E-state index is -0.493. The quantitative estimate of drug-likeness (QED) is 0.441. The van der Waals surface area contributed by atoms with E-state index in [0.29, 0.717) is 23.4 Å². The summed E-state index contributed by atoms with van der Waals surface area (Å²) in [7, 11) is 0. The van der Waals surface area contributed by atoms with Crippen molar-refractivity contribution in [3.63, 3.8) is 0 Å². The summed E-state index contributed by atoms with van der Waals surface area (Å²) in [5.41, 5.74) is 7.43. The van der Waals surface area contributed by atoms with Crippen molar-refractivity contribution >= 4 is 29.2 Å². The van der Waals surface area contributed by atoms with Crippen molar-refractivity contribution in [2.24, 2.45) is 0 Å². The van der Waals surface area contributed by atoms with Gasteiger partial charge < -0.3 is 21.7 Å². The summed E-state index contributed by atoms with van der Waals surface area (Å²) in [6.45, 7) is 1.47. The lowest BCUT2D eigenvalue weighted by Crippen LogP contribution is -2.37. The van der Waals surface area contributed by atoms with Gasteiger partial charge in [0.15, 0.2) is 11.5 Å². The number of hydrogen-bond acceptors (Lipinski definition) is 6. The zero-order valence-electron chi connectivity index (χ0n) is 17.6. The van der Waals surface area contributed by atoms with E-state index < -0.39 is 17.6 Å². The predicted octanol–water partition coefficient (Wildman–Crippen LogP) is 2.54. The Kier molecular flexibility index (Phi) is 6.81. The molecule has 1 aromatic heterocycles. The van der Waals surface area contributed by atoms with E-state index in [-0.39, 0.29) is 34.7 Å². The number of nitrogen functional groups attached to an aromatic ring is 1. The molecule has 1 fully saturated rings. The molecule has 0 radical (unpaired) electrons. The van der Waals surface area contributed by atoms with Gasteiger partial charge in [0, 0.05) is 40.8 Å². The summed E-state index contributed by atoms with van der Waals surface area (Å²) in [6, 6.07) is 11.0. The standard InChI is InChI=1S/C23H22ClFN6O2/c24-17-5-2-6-18(25)16(17)11-29-22(32)14-4-1-3-13(9-14)19-12-28-21(26)20(31-19)23(33)30-15-7-8-27-10-15/h1-6,9,12,15,27H,7-8,10-11H2,(H2,26,28)(H,29,32)(H,30,33)/t15-/m0/s1. The van der Waals surface area contributed by atoms with E-state index in [9.17, 15) is 14.0 Å². The Bertz CT molecular complexity index is 1180. The van der Waals surface area contributed by atoms with Gasteiger partial charge in [0.2, 0.25) is 0 Å². The maximum absolute atomic E-state index is 14.0. The molecule has 5 N–H and O–H groups in total. The summed E-state index contributed by atoms with van der Waals surface area (Å²) >= 11 is 6.02. The van der Waals surface area contributed by atoms with Gasteiger partial charge in [0.1, 0.15) is 5.82 Å². The Morgan fingerprint density at radius 1 is 1.21 bits per heavy atom. The normalized spacial score (nSPS) is 15.3. The first kappa shape index (κ1) is 22.6. The lowest BCUT2D eigenvalue weighted by Gasteiger charge is -2.13. The second-order valence-corrected chi connectivity index (χ2v) is 8.02. The third kappa shape index (κ3) is 5.27. The van der Waals surface area contributed by atoms with Crippen LogP contribution in [0.3, 0.4) is 0 Å². The molecule has 2 heterocycles. The molecule has 3 aromatic rings. The number of benzene rings is 2. The molecule has 8 nitrogen and oxygen atoms in total. The lowest BCUT2D eigenvalue weighted by atomic mass is 10.1. The number of nitrogens with zero attached hydrogens (tertiary/aromatic N) is 2. The van der Waals surface area contributed by atoms with Crippen molar-refractivity contribution in [2.75, 3.05) is 18.8 Å². The molecule has 0 saturated carbocycles. The van der Waals surface area contributed by atoms with Crippen LogP contribution in [-0.2, 0) is 6.54 Å². The fraction of sp³-hybridized carbons (Fsp3) is 0.217. The van der Waals surface area contributed by atoms with Crippen LogP contribution in [0.4, 0.5) is 10.2 Å². The molecule has 170 valence electrons. The summed E-state index contributed by atoms with van der Waals surface area (Å²) in [4.78, 5) is 33.8. The molecule has 10 heteroatoms. The van der Waals surface area contributed by atoms with Crippen LogP contribution in [-0.4, -0.2) is 40.9 Å². The van der Waals surface area contributed by atoms with E-state index in [1.54, 1.807) is 30.3 Å². The second kappa shape index (κ2) is 9.93. The van der Waals surface area contributed by atoms with Gasteiger partial charge in [-0.3, -0.25) is 9.59 Å². The monoisotopic (exact) mass is 468 g/mol. The molecule has 1 atom stereocenters. The molecule has 0 spiro atoms. The van der Waals surface area contributed by atoms with Crippen LogP contribution in [0.1, 0.15) is 32.8 Å². The highest BCUT2D eigenvalue weighted by atomic mass is 35.5. The van der Waals surface area contributed by atoms with Crippen molar-refractivity contribution in [1.29, 1.82) is 0 Å². The summed E-state index contributed by atoms with van der Waals surface area (Å²) in [5.74, 6) is -1.27. The minimum Gasteiger partial charge on any atom is -0.382 e. The third-order valence-electron chi connectivity index (χ3n) is 5.32. The molecule has 0 bridgehead atoms. The van der Waals surface area contributed by atoms with Gasteiger partial charge in [-0.15, -0.1) is 0 Å². The van der Waals surface area contributed by atoms with Gasteiger partial charge in [-0.05, 0) is 37.2 Å². The number of carbonyl (C=O) groups excluding carboxylic acids is 2. The first-order chi connectivity index (χ1) is 15.9. The molecule has 2 aromatic carbocycles. The Morgan fingerprint density at radius 2 is 2.03 bits per heavy atom. The lowest BCUT2D eigenvalue weighted by molar-refractivity contribution is 0.0932. The number of carbonyl (C=O) groups is 2. The molecule has 0 aliphatic carbocycles. The highest BCUT2D eigenvalue weighted by molar-refractivity contribution is 6.31. The maximum atomic E-state index is 14.0. The second-order valence-electron chi connectivity index (χ2n) is 7.62. The van der Waals surface area contributed by atoms with Crippen LogP contribution in [0.15, 0.2) is 48.7 Å². The van der Waals surface area contributed by atoms with Crippen LogP contribution < -0.4 is 21.7 Å². The molecular formula is C23H22ClFN6O2. The number of hydrogen-bond donors (Lipinski definition) is 4. The van der Waals surface area contributed by atoms with Crippen LogP contribution in [0.5, 0.6) is 0 Å². The number of anilines is 1. The number of aromatic nitrogens is 2. The summed E-state index contributed by atoms with van der Waals surface area (Å²) < 4.78 is 14.0. The van der Waals surface area contributed by atoms with E-state index in [1.807, 2.05) is 0 Å². The van der Waals surface area contributed by atoms with Crippen LogP contribution >= 0.6 is 11.6 Å². The highest BCUT2D eigenvalue weighted by Gasteiger charge is 2.21. The first-order valence-corrected chi connectivity index (χ1v) is 10.8. The largest absolute Gasteiger partial charge is 0.382 e. The average molecular weight is 469 g/mol. The number of halogens is 2. The smallest absolute Gasteiger partial charge is 0.274 e. The van der Waals surface area contributed by atoms with Crippen molar-refractivity contribution < 1.29 is 14.0 Å². The molecule has 4 rings (SSSR count). The zero-order valence-corrected chi connectivity index (χ0v) is 18.3. The van der Waals surface area contributed by atoms with Gasteiger partial charge in [-0.1, -0.05) is 29.8 Å². The number of amides is 2. The van der Waals surface area contributed by atoms with E-state index in [1.165, 1.54) is 18.3 Å². The Labute approximate surface area is 194 Å². The molecular weight excluding hydrogens is 447 g/mol. The van der Waals surface area contributed by atoms with E-state index in [2.05, 4.69) is 25.9 Å². The topological polar surface area (TPSA) is 122 Å². The van der Waals surface area contributed by atoms with Crippen LogP contribution in [0, 0.1) is 5.82 Å². The zero-order chi connectivity index (χ0) is 23.4. The van der Waals surface area contributed by atoms with Crippen molar-refractivity contribution in [2.45, 2.75) is 19.0 Å². The van der Waals surface area contributed by atoms with Gasteiger partial charge in [0.05, 0.1) is 11.9 Å². The Hall–Kier alpha value is -3.56. The summed E-state index contributed by atoms with van der Waals surface area (Å²) in [6.07, 6.45) is 2.27. The predicted molar refractivity (Wildman–Crippen MR) is 123 cm³/mol. The molecule has 1 saturated heterocycles. The van der Waals surface area contributed by atoms with Crippen molar-refractivity contribution in [3.8, 4) is 11.3 Å². The molecule has 2 amide bonds. The van der Waals surface area contributed by atoms with Crippen LogP contribution in [0.25, 0.3) is 11.3 Å². The number of rotatable bonds is 6. The van der Waals surface area contributed by atoms with Gasteiger partial charge in [0.25, 0.3) is 11.8 Å². The molecule has 33 heavy (non-hydrogen) atoms. The van der Waals surface area contributed by atoms with Crippen molar-refractivity contribution in [3.05, 3.63) is 76.3 Å². The maximum Gasteiger partial charge on any atom is 0.274 e. The van der Waals surface area contributed by atoms with Gasteiger partial charge in [-0.2, -0.15) is 0 Å². The molecule has 1 aliphatic rings. The highest BCUT2D eigenvalue weighted by Crippen LogP contribution is 2.21.